The van der Waals surface area contributed by atoms with Crippen LogP contribution >= 0.6 is 0 Å². The molecule has 104 valence electrons. The quantitative estimate of drug-likeness (QED) is 0.841. The maximum atomic E-state index is 11.0. The molecule has 0 bridgehead atoms. The van der Waals surface area contributed by atoms with Gasteiger partial charge in [-0.1, -0.05) is 6.92 Å². The van der Waals surface area contributed by atoms with Crippen molar-refractivity contribution in [3.63, 3.8) is 0 Å². The maximum Gasteiger partial charge on any atom is 0.0730 e. The highest BCUT2D eigenvalue weighted by Gasteiger charge is 2.52. The van der Waals surface area contributed by atoms with Crippen LogP contribution in [0, 0.1) is 11.8 Å². The second kappa shape index (κ2) is 4.77. The Morgan fingerprint density at radius 2 is 1.83 bits per heavy atom. The van der Waals surface area contributed by atoms with Crippen molar-refractivity contribution in [1.82, 2.24) is 0 Å². The minimum absolute atomic E-state index is 0.0131. The Labute approximate surface area is 110 Å². The highest BCUT2D eigenvalue weighted by atomic mass is 16.5. The zero-order valence-corrected chi connectivity index (χ0v) is 11.5. The lowest BCUT2D eigenvalue weighted by Crippen LogP contribution is -2.51. The molecule has 2 unspecified atom stereocenters. The molecule has 3 heteroatoms. The van der Waals surface area contributed by atoms with Crippen molar-refractivity contribution in [3.05, 3.63) is 0 Å². The predicted octanol–water partition coefficient (Wildman–Crippen LogP) is 2.51. The smallest absolute Gasteiger partial charge is 0.0730 e. The van der Waals surface area contributed by atoms with Gasteiger partial charge in [0, 0.05) is 19.8 Å². The number of ether oxygens (including phenoxy) is 2. The summed E-state index contributed by atoms with van der Waals surface area (Å²) in [4.78, 5) is 0. The Balaban J connectivity index is 1.72. The molecule has 0 aromatic heterocycles. The fraction of sp³-hybridized carbons (Fsp3) is 1.00. The molecule has 0 radical (unpaired) electrons. The molecule has 1 saturated carbocycles. The van der Waals surface area contributed by atoms with Gasteiger partial charge in [-0.25, -0.2) is 0 Å². The Morgan fingerprint density at radius 1 is 1.11 bits per heavy atom. The van der Waals surface area contributed by atoms with Crippen molar-refractivity contribution in [2.75, 3.05) is 19.8 Å². The summed E-state index contributed by atoms with van der Waals surface area (Å²) in [5.41, 5.74) is -0.408. The van der Waals surface area contributed by atoms with Crippen LogP contribution in [0.5, 0.6) is 0 Å². The number of hydrogen-bond donors (Lipinski definition) is 1. The Bertz CT molecular complexity index is 289. The van der Waals surface area contributed by atoms with E-state index in [9.17, 15) is 5.11 Å². The molecule has 3 aliphatic rings. The van der Waals surface area contributed by atoms with Gasteiger partial charge < -0.3 is 14.6 Å². The summed E-state index contributed by atoms with van der Waals surface area (Å²) in [6.07, 6.45) is 7.42. The number of aliphatic hydroxyl groups is 1. The van der Waals surface area contributed by atoms with Crippen LogP contribution < -0.4 is 0 Å². The lowest BCUT2D eigenvalue weighted by molar-refractivity contribution is -0.179. The molecular formula is C15H26O3. The van der Waals surface area contributed by atoms with Crippen molar-refractivity contribution >= 4 is 0 Å². The molecule has 2 aliphatic heterocycles. The third-order valence-electron chi connectivity index (χ3n) is 5.45. The van der Waals surface area contributed by atoms with E-state index >= 15 is 0 Å². The molecule has 3 rings (SSSR count). The summed E-state index contributed by atoms with van der Waals surface area (Å²) in [7, 11) is 0. The average Bonchev–Trinajstić information content (AvgIpc) is 3.23. The van der Waals surface area contributed by atoms with Crippen LogP contribution in [0.3, 0.4) is 0 Å². The van der Waals surface area contributed by atoms with Crippen molar-refractivity contribution < 1.29 is 14.6 Å². The van der Waals surface area contributed by atoms with E-state index in [0.29, 0.717) is 11.8 Å². The molecule has 2 saturated heterocycles. The van der Waals surface area contributed by atoms with Crippen LogP contribution in [0.15, 0.2) is 0 Å². The monoisotopic (exact) mass is 254 g/mol. The van der Waals surface area contributed by atoms with Gasteiger partial charge in [-0.2, -0.15) is 0 Å². The Kier molecular flexibility index (Phi) is 3.41. The minimum atomic E-state index is -0.422. The summed E-state index contributed by atoms with van der Waals surface area (Å²) >= 11 is 0. The first kappa shape index (κ1) is 12.9. The first-order valence-corrected chi connectivity index (χ1v) is 7.63. The fourth-order valence-corrected chi connectivity index (χ4v) is 4.04. The average molecular weight is 254 g/mol. The number of hydrogen-bond acceptors (Lipinski definition) is 3. The van der Waals surface area contributed by atoms with E-state index in [-0.39, 0.29) is 5.60 Å². The molecule has 1 aliphatic carbocycles. The van der Waals surface area contributed by atoms with Gasteiger partial charge in [-0.05, 0) is 56.8 Å². The fourth-order valence-electron chi connectivity index (χ4n) is 4.04. The summed E-state index contributed by atoms with van der Waals surface area (Å²) in [6, 6.07) is 0. The highest BCUT2D eigenvalue weighted by molar-refractivity contribution is 5.02. The van der Waals surface area contributed by atoms with Gasteiger partial charge in [0.15, 0.2) is 0 Å². The molecular weight excluding hydrogens is 228 g/mol. The summed E-state index contributed by atoms with van der Waals surface area (Å²) in [5.74, 6) is 0.990. The third kappa shape index (κ3) is 2.21. The predicted molar refractivity (Wildman–Crippen MR) is 69.4 cm³/mol. The van der Waals surface area contributed by atoms with E-state index in [1.54, 1.807) is 0 Å². The molecule has 18 heavy (non-hydrogen) atoms. The first-order valence-electron chi connectivity index (χ1n) is 7.63. The highest BCUT2D eigenvalue weighted by Crippen LogP contribution is 2.51. The Hall–Kier alpha value is -0.120. The zero-order chi connectivity index (χ0) is 12.6. The van der Waals surface area contributed by atoms with E-state index in [0.717, 1.165) is 51.9 Å². The second-order valence-corrected chi connectivity index (χ2v) is 6.45. The van der Waals surface area contributed by atoms with Crippen LogP contribution in [-0.4, -0.2) is 36.1 Å². The van der Waals surface area contributed by atoms with Crippen molar-refractivity contribution in [2.45, 2.75) is 63.1 Å². The topological polar surface area (TPSA) is 38.7 Å². The van der Waals surface area contributed by atoms with Crippen LogP contribution in [-0.2, 0) is 9.47 Å². The SMILES string of the molecule is CCC(O)(C1CC1)C1CCOC2(CCOCC2)C1. The van der Waals surface area contributed by atoms with Gasteiger partial charge >= 0.3 is 0 Å². The molecule has 0 amide bonds. The van der Waals surface area contributed by atoms with Crippen molar-refractivity contribution in [3.8, 4) is 0 Å². The van der Waals surface area contributed by atoms with Crippen LogP contribution in [0.1, 0.15) is 51.9 Å². The summed E-state index contributed by atoms with van der Waals surface area (Å²) < 4.78 is 11.5. The Morgan fingerprint density at radius 3 is 2.44 bits per heavy atom. The summed E-state index contributed by atoms with van der Waals surface area (Å²) in [6.45, 7) is 4.60. The van der Waals surface area contributed by atoms with Gasteiger partial charge in [0.05, 0.1) is 11.2 Å². The van der Waals surface area contributed by atoms with Gasteiger partial charge in [-0.3, -0.25) is 0 Å². The van der Waals surface area contributed by atoms with Crippen LogP contribution in [0.25, 0.3) is 0 Å². The minimum Gasteiger partial charge on any atom is -0.389 e. The van der Waals surface area contributed by atoms with Gasteiger partial charge in [-0.15, -0.1) is 0 Å². The molecule has 1 N–H and O–H groups in total. The van der Waals surface area contributed by atoms with Gasteiger partial charge in [0.2, 0.25) is 0 Å². The van der Waals surface area contributed by atoms with Crippen LogP contribution in [0.2, 0.25) is 0 Å². The molecule has 2 atom stereocenters. The van der Waals surface area contributed by atoms with E-state index < -0.39 is 5.60 Å². The van der Waals surface area contributed by atoms with Gasteiger partial charge in [0.25, 0.3) is 0 Å². The molecule has 0 aromatic rings. The largest absolute Gasteiger partial charge is 0.389 e. The van der Waals surface area contributed by atoms with Crippen molar-refractivity contribution in [2.24, 2.45) is 11.8 Å². The zero-order valence-electron chi connectivity index (χ0n) is 11.5. The molecule has 1 spiro atoms. The van der Waals surface area contributed by atoms with E-state index in [2.05, 4.69) is 6.92 Å². The van der Waals surface area contributed by atoms with E-state index in [4.69, 9.17) is 9.47 Å². The third-order valence-corrected chi connectivity index (χ3v) is 5.45. The summed E-state index contributed by atoms with van der Waals surface area (Å²) in [5, 5.41) is 11.0. The molecule has 2 heterocycles. The van der Waals surface area contributed by atoms with Crippen molar-refractivity contribution in [1.29, 1.82) is 0 Å². The number of rotatable bonds is 3. The molecule has 3 fully saturated rings. The first-order chi connectivity index (χ1) is 8.69. The maximum absolute atomic E-state index is 11.0. The van der Waals surface area contributed by atoms with E-state index in [1.165, 1.54) is 12.8 Å². The normalized spacial score (nSPS) is 35.3. The lowest BCUT2D eigenvalue weighted by Gasteiger charge is -2.48. The van der Waals surface area contributed by atoms with Crippen LogP contribution in [0.4, 0.5) is 0 Å². The lowest BCUT2D eigenvalue weighted by atomic mass is 9.70. The standard InChI is InChI=1S/C15H26O3/c1-2-15(16,12-3-4-12)13-5-8-18-14(11-13)6-9-17-10-7-14/h12-13,16H,2-11H2,1H3. The van der Waals surface area contributed by atoms with E-state index in [1.807, 2.05) is 0 Å². The van der Waals surface area contributed by atoms with Gasteiger partial charge in [0.1, 0.15) is 0 Å². The molecule has 3 nitrogen and oxygen atoms in total. The second-order valence-electron chi connectivity index (χ2n) is 6.45. The molecule has 0 aromatic carbocycles.